The van der Waals surface area contributed by atoms with E-state index in [1.807, 2.05) is 19.9 Å². The lowest BCUT2D eigenvalue weighted by Gasteiger charge is -2.46. The zero-order valence-corrected chi connectivity index (χ0v) is 17.5. The summed E-state index contributed by atoms with van der Waals surface area (Å²) in [6.45, 7) is 6.96. The number of hydrogen-bond donors (Lipinski definition) is 2. The number of hydrogen-bond acceptors (Lipinski definition) is 6. The molecule has 0 spiro atoms. The van der Waals surface area contributed by atoms with Crippen LogP contribution in [0.25, 0.3) is 0 Å². The Morgan fingerprint density at radius 2 is 2.00 bits per heavy atom. The van der Waals surface area contributed by atoms with E-state index in [1.165, 1.54) is 19.2 Å². The first-order valence-corrected chi connectivity index (χ1v) is 10.7. The Bertz CT molecular complexity index is 799. The van der Waals surface area contributed by atoms with E-state index < -0.39 is 40.5 Å². The molecule has 156 valence electrons. The molecule has 0 amide bonds. The third-order valence-electron chi connectivity index (χ3n) is 5.30. The summed E-state index contributed by atoms with van der Waals surface area (Å²) in [6.07, 6.45) is 3.27. The number of methoxy groups -OCH3 is 1. The fraction of sp³-hybridized carbons (Fsp3) is 0.524. The van der Waals surface area contributed by atoms with Gasteiger partial charge in [0.05, 0.1) is 29.3 Å². The van der Waals surface area contributed by atoms with Gasteiger partial charge in [-0.15, -0.1) is 6.58 Å². The van der Waals surface area contributed by atoms with Crippen molar-refractivity contribution in [3.8, 4) is 0 Å². The summed E-state index contributed by atoms with van der Waals surface area (Å²) in [5.41, 5.74) is 0.244. The molecule has 1 aromatic rings. The lowest BCUT2D eigenvalue weighted by molar-refractivity contribution is -0.159. The predicted molar refractivity (Wildman–Crippen MR) is 107 cm³/mol. The second-order valence-corrected chi connectivity index (χ2v) is 9.00. The van der Waals surface area contributed by atoms with Crippen LogP contribution in [0.5, 0.6) is 0 Å². The van der Waals surface area contributed by atoms with Gasteiger partial charge < -0.3 is 14.9 Å². The first-order valence-electron chi connectivity index (χ1n) is 9.31. The average Bonchev–Trinajstić information content (AvgIpc) is 2.66. The van der Waals surface area contributed by atoms with Gasteiger partial charge in [-0.1, -0.05) is 35.4 Å². The smallest absolute Gasteiger partial charge is 0.297 e. The maximum atomic E-state index is 12.6. The third kappa shape index (κ3) is 5.10. The molecule has 6 nitrogen and oxygen atoms in total. The first-order chi connectivity index (χ1) is 13.1. The van der Waals surface area contributed by atoms with E-state index in [-0.39, 0.29) is 17.7 Å². The van der Waals surface area contributed by atoms with Crippen molar-refractivity contribution in [1.29, 1.82) is 0 Å². The van der Waals surface area contributed by atoms with Crippen LogP contribution in [0.15, 0.2) is 53.5 Å². The standard InChI is InChI=1S/C21H30O6S/c1-5-6-7-16(3)19-20(26-4)18(22)12-13-21(19,23)14-27-28(24,25)17-10-8-15(2)9-11-17/h5,7-11,18-20,22-23H,1,6,12-14H2,2-4H3/t18-,19+,20-,21+/m1/s1. The van der Waals surface area contributed by atoms with Crippen molar-refractivity contribution in [3.05, 3.63) is 54.1 Å². The SMILES string of the molecule is C=CCC=C(C)[C@H]1[C@H](OC)[C@H](O)CC[C@]1(O)COS(=O)(=O)c1ccc(C)cc1. The molecule has 0 unspecified atom stereocenters. The topological polar surface area (TPSA) is 93.1 Å². The van der Waals surface area contributed by atoms with E-state index in [2.05, 4.69) is 6.58 Å². The van der Waals surface area contributed by atoms with Crippen LogP contribution in [0.2, 0.25) is 0 Å². The summed E-state index contributed by atoms with van der Waals surface area (Å²) in [5.74, 6) is -0.602. The number of allylic oxidation sites excluding steroid dienone is 2. The van der Waals surface area contributed by atoms with Gasteiger partial charge in [-0.2, -0.15) is 8.42 Å². The molecule has 2 N–H and O–H groups in total. The van der Waals surface area contributed by atoms with Crippen molar-refractivity contribution in [3.63, 3.8) is 0 Å². The summed E-state index contributed by atoms with van der Waals surface area (Å²) < 4.78 is 35.8. The molecular weight excluding hydrogens is 380 g/mol. The van der Waals surface area contributed by atoms with Gasteiger partial charge in [0.25, 0.3) is 10.1 Å². The van der Waals surface area contributed by atoms with Gasteiger partial charge in [0.2, 0.25) is 0 Å². The van der Waals surface area contributed by atoms with E-state index in [0.29, 0.717) is 6.42 Å². The summed E-state index contributed by atoms with van der Waals surface area (Å²) in [6, 6.07) is 6.33. The second-order valence-electron chi connectivity index (χ2n) is 7.39. The zero-order chi connectivity index (χ0) is 20.9. The number of ether oxygens (including phenoxy) is 1. The number of aliphatic hydroxyl groups excluding tert-OH is 1. The van der Waals surface area contributed by atoms with Crippen molar-refractivity contribution in [2.24, 2.45) is 5.92 Å². The fourth-order valence-electron chi connectivity index (χ4n) is 3.73. The Kier molecular flexibility index (Phi) is 7.59. The summed E-state index contributed by atoms with van der Waals surface area (Å²) in [7, 11) is -2.55. The molecule has 1 saturated carbocycles. The van der Waals surface area contributed by atoms with Crippen LogP contribution < -0.4 is 0 Å². The summed E-state index contributed by atoms with van der Waals surface area (Å²) in [4.78, 5) is 0.0382. The van der Waals surface area contributed by atoms with Crippen molar-refractivity contribution in [2.45, 2.75) is 55.8 Å². The Labute approximate surface area is 167 Å². The largest absolute Gasteiger partial charge is 0.390 e. The molecule has 2 rings (SSSR count). The molecule has 28 heavy (non-hydrogen) atoms. The van der Waals surface area contributed by atoms with Gasteiger partial charge in [-0.3, -0.25) is 4.18 Å². The van der Waals surface area contributed by atoms with E-state index in [1.54, 1.807) is 18.2 Å². The van der Waals surface area contributed by atoms with Crippen LogP contribution in [-0.2, 0) is 19.0 Å². The lowest BCUT2D eigenvalue weighted by Crippen LogP contribution is -2.57. The van der Waals surface area contributed by atoms with Gasteiger partial charge in [-0.25, -0.2) is 0 Å². The van der Waals surface area contributed by atoms with Crippen LogP contribution in [0.3, 0.4) is 0 Å². The summed E-state index contributed by atoms with van der Waals surface area (Å²) in [5, 5.41) is 21.7. The molecule has 1 aliphatic carbocycles. The molecule has 4 atom stereocenters. The Balaban J connectivity index is 2.28. The highest BCUT2D eigenvalue weighted by atomic mass is 32.2. The van der Waals surface area contributed by atoms with Gasteiger partial charge >= 0.3 is 0 Å². The highest BCUT2D eigenvalue weighted by Gasteiger charge is 2.50. The molecule has 1 aliphatic rings. The number of rotatable bonds is 8. The zero-order valence-electron chi connectivity index (χ0n) is 16.7. The summed E-state index contributed by atoms with van der Waals surface area (Å²) >= 11 is 0. The van der Waals surface area contributed by atoms with Gasteiger partial charge in [0.15, 0.2) is 0 Å². The molecule has 0 aliphatic heterocycles. The molecule has 7 heteroatoms. The maximum absolute atomic E-state index is 12.6. The monoisotopic (exact) mass is 410 g/mol. The molecule has 0 radical (unpaired) electrons. The van der Waals surface area contributed by atoms with Crippen molar-refractivity contribution < 1.29 is 27.6 Å². The predicted octanol–water partition coefficient (Wildman–Crippen LogP) is 2.74. The first kappa shape index (κ1) is 22.8. The van der Waals surface area contributed by atoms with Gasteiger partial charge in [0, 0.05) is 13.0 Å². The lowest BCUT2D eigenvalue weighted by atomic mass is 9.69. The van der Waals surface area contributed by atoms with Crippen LogP contribution in [0, 0.1) is 12.8 Å². The van der Waals surface area contributed by atoms with E-state index in [9.17, 15) is 18.6 Å². The van der Waals surface area contributed by atoms with Crippen molar-refractivity contribution in [2.75, 3.05) is 13.7 Å². The second kappa shape index (κ2) is 9.33. The molecule has 0 aromatic heterocycles. The molecule has 1 aromatic carbocycles. The average molecular weight is 411 g/mol. The third-order valence-corrected chi connectivity index (χ3v) is 6.58. The molecule has 0 bridgehead atoms. The Hall–Kier alpha value is -1.51. The molecule has 0 saturated heterocycles. The minimum atomic E-state index is -4.02. The molecule has 1 fully saturated rings. The number of benzene rings is 1. The number of aryl methyl sites for hydroxylation is 1. The van der Waals surface area contributed by atoms with Crippen LogP contribution in [-0.4, -0.2) is 50.2 Å². The highest BCUT2D eigenvalue weighted by molar-refractivity contribution is 7.86. The van der Waals surface area contributed by atoms with Crippen molar-refractivity contribution >= 4 is 10.1 Å². The van der Waals surface area contributed by atoms with Crippen LogP contribution in [0.1, 0.15) is 31.7 Å². The highest BCUT2D eigenvalue weighted by Crippen LogP contribution is 2.41. The minimum absolute atomic E-state index is 0.0382. The quantitative estimate of drug-likeness (QED) is 0.506. The van der Waals surface area contributed by atoms with Crippen LogP contribution in [0.4, 0.5) is 0 Å². The maximum Gasteiger partial charge on any atom is 0.297 e. The van der Waals surface area contributed by atoms with E-state index in [4.69, 9.17) is 8.92 Å². The Morgan fingerprint density at radius 1 is 1.36 bits per heavy atom. The van der Waals surface area contributed by atoms with Gasteiger partial charge in [0.1, 0.15) is 0 Å². The van der Waals surface area contributed by atoms with E-state index >= 15 is 0 Å². The Morgan fingerprint density at radius 3 is 2.57 bits per heavy atom. The fourth-order valence-corrected chi connectivity index (χ4v) is 4.70. The molecule has 0 heterocycles. The molecular formula is C21H30O6S. The van der Waals surface area contributed by atoms with Crippen LogP contribution >= 0.6 is 0 Å². The number of aliphatic hydroxyl groups is 2. The van der Waals surface area contributed by atoms with Crippen molar-refractivity contribution in [1.82, 2.24) is 0 Å². The van der Waals surface area contributed by atoms with Gasteiger partial charge in [-0.05, 0) is 45.2 Å². The normalized spacial score (nSPS) is 28.9. The van der Waals surface area contributed by atoms with E-state index in [0.717, 1.165) is 11.1 Å². The minimum Gasteiger partial charge on any atom is -0.390 e.